The Morgan fingerprint density at radius 3 is 2.42 bits per heavy atom. The van der Waals surface area contributed by atoms with Gasteiger partial charge in [0.15, 0.2) is 0 Å². The molecule has 0 unspecified atom stereocenters. The molecule has 0 fully saturated rings. The Labute approximate surface area is 148 Å². The molecule has 0 atom stereocenters. The van der Waals surface area contributed by atoms with Gasteiger partial charge in [-0.1, -0.05) is 30.3 Å². The van der Waals surface area contributed by atoms with Crippen LogP contribution in [0, 0.1) is 19.7 Å². The predicted octanol–water partition coefficient (Wildman–Crippen LogP) is 5.55. The number of rotatable bonds is 3. The van der Waals surface area contributed by atoms with Gasteiger partial charge in [-0.3, -0.25) is 0 Å². The maximum atomic E-state index is 13.4. The molecule has 0 aliphatic rings. The van der Waals surface area contributed by atoms with Crippen molar-refractivity contribution in [2.24, 2.45) is 0 Å². The van der Waals surface area contributed by atoms with Crippen LogP contribution in [0.15, 0.2) is 68.2 Å². The summed E-state index contributed by atoms with van der Waals surface area (Å²) in [5.41, 5.74) is 3.04. The van der Waals surface area contributed by atoms with Crippen LogP contribution < -0.4 is 10.9 Å². The van der Waals surface area contributed by atoms with Crippen molar-refractivity contribution >= 4 is 22.5 Å². The van der Waals surface area contributed by atoms with Gasteiger partial charge in [0.05, 0.1) is 5.56 Å². The highest BCUT2D eigenvalue weighted by Crippen LogP contribution is 2.39. The van der Waals surface area contributed by atoms with Gasteiger partial charge in [0, 0.05) is 11.8 Å². The standard InChI is InChI=1S/C21H16FNO3/c1-12-5-3-4-6-16(12)23-20-18(14-7-9-15(22)10-8-14)19-17(26-20)11-13(2)25-21(19)24/h3-11,23H,1-2H3. The number of fused-ring (bicyclic) bond motifs is 1. The van der Waals surface area contributed by atoms with Crippen molar-refractivity contribution in [3.8, 4) is 11.1 Å². The summed E-state index contributed by atoms with van der Waals surface area (Å²) < 4.78 is 24.5. The molecule has 4 nitrogen and oxygen atoms in total. The number of nitrogens with one attached hydrogen (secondary N) is 1. The zero-order chi connectivity index (χ0) is 18.3. The Morgan fingerprint density at radius 1 is 0.962 bits per heavy atom. The normalized spacial score (nSPS) is 11.0. The van der Waals surface area contributed by atoms with E-state index in [1.54, 1.807) is 25.1 Å². The van der Waals surface area contributed by atoms with Gasteiger partial charge in [0.1, 0.15) is 22.5 Å². The topological polar surface area (TPSA) is 55.4 Å². The van der Waals surface area contributed by atoms with E-state index in [9.17, 15) is 9.18 Å². The quantitative estimate of drug-likeness (QED) is 0.527. The van der Waals surface area contributed by atoms with Crippen molar-refractivity contribution in [2.45, 2.75) is 13.8 Å². The predicted molar refractivity (Wildman–Crippen MR) is 99.3 cm³/mol. The first-order valence-corrected chi connectivity index (χ1v) is 8.19. The van der Waals surface area contributed by atoms with E-state index >= 15 is 0 Å². The maximum Gasteiger partial charge on any atom is 0.347 e. The molecule has 5 heteroatoms. The van der Waals surface area contributed by atoms with E-state index in [2.05, 4.69) is 5.32 Å². The Kier molecular flexibility index (Phi) is 3.84. The van der Waals surface area contributed by atoms with E-state index in [1.165, 1.54) is 12.1 Å². The summed E-state index contributed by atoms with van der Waals surface area (Å²) in [4.78, 5) is 12.5. The third kappa shape index (κ3) is 2.77. The van der Waals surface area contributed by atoms with E-state index < -0.39 is 5.63 Å². The molecular formula is C21H16FNO3. The summed E-state index contributed by atoms with van der Waals surface area (Å²) in [6.45, 7) is 3.66. The van der Waals surface area contributed by atoms with Crippen molar-refractivity contribution < 1.29 is 13.2 Å². The van der Waals surface area contributed by atoms with E-state index in [1.807, 2.05) is 31.2 Å². The van der Waals surface area contributed by atoms with E-state index in [4.69, 9.17) is 8.83 Å². The summed E-state index contributed by atoms with van der Waals surface area (Å²) in [6, 6.07) is 15.3. The number of anilines is 2. The van der Waals surface area contributed by atoms with Crippen molar-refractivity contribution in [2.75, 3.05) is 5.32 Å². The third-order valence-corrected chi connectivity index (χ3v) is 4.25. The molecule has 0 saturated heterocycles. The summed E-state index contributed by atoms with van der Waals surface area (Å²) in [5.74, 6) is 0.529. The van der Waals surface area contributed by atoms with E-state index in [0.717, 1.165) is 11.3 Å². The fraction of sp³-hybridized carbons (Fsp3) is 0.0952. The fourth-order valence-corrected chi connectivity index (χ4v) is 2.98. The van der Waals surface area contributed by atoms with Crippen LogP contribution in [-0.2, 0) is 0 Å². The van der Waals surface area contributed by atoms with Gasteiger partial charge in [-0.25, -0.2) is 9.18 Å². The number of para-hydroxylation sites is 1. The molecule has 26 heavy (non-hydrogen) atoms. The first-order chi connectivity index (χ1) is 12.5. The summed E-state index contributed by atoms with van der Waals surface area (Å²) in [5, 5.41) is 3.58. The van der Waals surface area contributed by atoms with E-state index in [0.29, 0.717) is 33.7 Å². The summed E-state index contributed by atoms with van der Waals surface area (Å²) in [6.07, 6.45) is 0. The van der Waals surface area contributed by atoms with Crippen LogP contribution in [0.4, 0.5) is 16.0 Å². The lowest BCUT2D eigenvalue weighted by atomic mass is 10.0. The largest absolute Gasteiger partial charge is 0.439 e. The Bertz CT molecular complexity index is 1160. The summed E-state index contributed by atoms with van der Waals surface area (Å²) >= 11 is 0. The number of hydrogen-bond donors (Lipinski definition) is 1. The number of aryl methyl sites for hydroxylation is 2. The van der Waals surface area contributed by atoms with Crippen LogP contribution in [0.25, 0.3) is 22.1 Å². The lowest BCUT2D eigenvalue weighted by Gasteiger charge is -2.09. The summed E-state index contributed by atoms with van der Waals surface area (Å²) in [7, 11) is 0. The van der Waals surface area contributed by atoms with Crippen LogP contribution in [0.1, 0.15) is 11.3 Å². The Morgan fingerprint density at radius 2 is 1.69 bits per heavy atom. The molecule has 0 aliphatic heterocycles. The zero-order valence-electron chi connectivity index (χ0n) is 14.3. The molecule has 130 valence electrons. The van der Waals surface area contributed by atoms with Crippen molar-refractivity contribution in [3.63, 3.8) is 0 Å². The van der Waals surface area contributed by atoms with Crippen molar-refractivity contribution in [3.05, 3.63) is 82.2 Å². The maximum absolute atomic E-state index is 13.4. The fourth-order valence-electron chi connectivity index (χ4n) is 2.98. The highest BCUT2D eigenvalue weighted by atomic mass is 19.1. The molecule has 0 aliphatic carbocycles. The first-order valence-electron chi connectivity index (χ1n) is 8.19. The van der Waals surface area contributed by atoms with Crippen LogP contribution in [0.3, 0.4) is 0 Å². The molecule has 2 aromatic carbocycles. The van der Waals surface area contributed by atoms with Gasteiger partial charge in [0.25, 0.3) is 0 Å². The van der Waals surface area contributed by atoms with Gasteiger partial charge in [-0.15, -0.1) is 0 Å². The van der Waals surface area contributed by atoms with Crippen LogP contribution in [0.5, 0.6) is 0 Å². The van der Waals surface area contributed by atoms with Gasteiger partial charge in [-0.05, 0) is 43.2 Å². The van der Waals surface area contributed by atoms with Crippen LogP contribution in [-0.4, -0.2) is 0 Å². The van der Waals surface area contributed by atoms with Crippen LogP contribution >= 0.6 is 0 Å². The second-order valence-electron chi connectivity index (χ2n) is 6.14. The average Bonchev–Trinajstić information content (AvgIpc) is 2.96. The molecule has 0 amide bonds. The highest BCUT2D eigenvalue weighted by Gasteiger charge is 2.21. The second kappa shape index (κ2) is 6.19. The molecular weight excluding hydrogens is 333 g/mol. The molecule has 1 N–H and O–H groups in total. The average molecular weight is 349 g/mol. The number of halogens is 1. The van der Waals surface area contributed by atoms with Crippen molar-refractivity contribution in [1.82, 2.24) is 0 Å². The Balaban J connectivity index is 1.98. The molecule has 0 radical (unpaired) electrons. The minimum atomic E-state index is -0.485. The van der Waals surface area contributed by atoms with Gasteiger partial charge >= 0.3 is 5.63 Å². The van der Waals surface area contributed by atoms with Gasteiger partial charge < -0.3 is 14.2 Å². The number of furan rings is 1. The smallest absolute Gasteiger partial charge is 0.347 e. The molecule has 0 bridgehead atoms. The van der Waals surface area contributed by atoms with Crippen molar-refractivity contribution in [1.29, 1.82) is 0 Å². The highest BCUT2D eigenvalue weighted by molar-refractivity contribution is 6.00. The van der Waals surface area contributed by atoms with Gasteiger partial charge in [-0.2, -0.15) is 0 Å². The molecule has 0 spiro atoms. The number of benzene rings is 2. The molecule has 4 aromatic rings. The first kappa shape index (κ1) is 16.1. The van der Waals surface area contributed by atoms with E-state index in [-0.39, 0.29) is 5.82 Å². The lowest BCUT2D eigenvalue weighted by Crippen LogP contribution is -2.00. The Hall–Kier alpha value is -3.34. The molecule has 0 saturated carbocycles. The van der Waals surface area contributed by atoms with Gasteiger partial charge in [0.2, 0.25) is 5.88 Å². The molecule has 4 rings (SSSR count). The third-order valence-electron chi connectivity index (χ3n) is 4.25. The zero-order valence-corrected chi connectivity index (χ0v) is 14.3. The minimum Gasteiger partial charge on any atom is -0.439 e. The molecule has 2 heterocycles. The molecule has 2 aromatic heterocycles. The minimum absolute atomic E-state index is 0.332. The SMILES string of the molecule is Cc1cc2oc(Nc3ccccc3C)c(-c3ccc(F)cc3)c2c(=O)o1. The van der Waals surface area contributed by atoms with Crippen LogP contribution in [0.2, 0.25) is 0 Å². The monoisotopic (exact) mass is 349 g/mol. The lowest BCUT2D eigenvalue weighted by molar-refractivity contribution is 0.485. The second-order valence-corrected chi connectivity index (χ2v) is 6.14. The number of hydrogen-bond acceptors (Lipinski definition) is 4.